The molecule has 0 spiro atoms. The van der Waals surface area contributed by atoms with E-state index in [-0.39, 0.29) is 0 Å². The van der Waals surface area contributed by atoms with Gasteiger partial charge in [-0.3, -0.25) is 0 Å². The molecule has 1 fully saturated rings. The van der Waals surface area contributed by atoms with Crippen LogP contribution in [0.5, 0.6) is 0 Å². The van der Waals surface area contributed by atoms with E-state index in [1.165, 1.54) is 0 Å². The number of sulfonamides is 1. The van der Waals surface area contributed by atoms with Crippen LogP contribution >= 0.6 is 0 Å². The van der Waals surface area contributed by atoms with Gasteiger partial charge in [0.05, 0.1) is 4.90 Å². The van der Waals surface area contributed by atoms with Crippen LogP contribution in [-0.2, 0) is 10.0 Å². The molecule has 0 bridgehead atoms. The highest BCUT2D eigenvalue weighted by Crippen LogP contribution is 2.28. The lowest BCUT2D eigenvalue weighted by atomic mass is 9.87. The number of nitrogens with zero attached hydrogens (tertiary/aromatic N) is 1. The Balaban J connectivity index is 2.12. The molecule has 5 heteroatoms. The van der Waals surface area contributed by atoms with Crippen molar-refractivity contribution in [3.63, 3.8) is 0 Å². The normalized spacial score (nSPS) is 18.9. The number of rotatable bonds is 3. The molecule has 1 saturated heterocycles. The summed E-state index contributed by atoms with van der Waals surface area (Å²) in [6.45, 7) is 5.65. The second kappa shape index (κ2) is 5.51. The predicted octanol–water partition coefficient (Wildman–Crippen LogP) is 2.33. The van der Waals surface area contributed by atoms with Crippen LogP contribution in [0.25, 0.3) is 0 Å². The van der Waals surface area contributed by atoms with Crippen molar-refractivity contribution in [2.24, 2.45) is 11.8 Å². The number of piperidine rings is 1. The maximum absolute atomic E-state index is 12.5. The van der Waals surface area contributed by atoms with Crippen LogP contribution in [-0.4, -0.2) is 25.8 Å². The molecule has 0 aliphatic carbocycles. The zero-order valence-corrected chi connectivity index (χ0v) is 12.4. The summed E-state index contributed by atoms with van der Waals surface area (Å²) in [6, 6.07) is 6.43. The Hall–Kier alpha value is -1.07. The SMILES string of the molecule is CC(C)C1CCN(S(=O)(=O)c2ccc(N)cc2)CC1. The molecule has 1 aromatic rings. The first-order valence-electron chi connectivity index (χ1n) is 6.77. The van der Waals surface area contributed by atoms with Crippen molar-refractivity contribution in [1.29, 1.82) is 0 Å². The Bertz CT molecular complexity index is 515. The molecule has 1 aliphatic rings. The number of hydrogen-bond donors (Lipinski definition) is 1. The van der Waals surface area contributed by atoms with Crippen LogP contribution in [0.1, 0.15) is 26.7 Å². The first-order chi connectivity index (χ1) is 8.91. The first-order valence-corrected chi connectivity index (χ1v) is 8.21. The average Bonchev–Trinajstić information content (AvgIpc) is 2.39. The molecule has 106 valence electrons. The van der Waals surface area contributed by atoms with Crippen molar-refractivity contribution in [2.45, 2.75) is 31.6 Å². The third-order valence-corrected chi connectivity index (χ3v) is 5.87. The molecular weight excluding hydrogens is 260 g/mol. The minimum Gasteiger partial charge on any atom is -0.399 e. The van der Waals surface area contributed by atoms with Crippen LogP contribution in [0.15, 0.2) is 29.2 Å². The molecule has 1 heterocycles. The third-order valence-electron chi connectivity index (χ3n) is 3.96. The molecule has 0 radical (unpaired) electrons. The number of benzene rings is 1. The van der Waals surface area contributed by atoms with Crippen LogP contribution in [0.4, 0.5) is 5.69 Å². The van der Waals surface area contributed by atoms with E-state index in [0.29, 0.717) is 35.5 Å². The maximum Gasteiger partial charge on any atom is 0.243 e. The number of anilines is 1. The van der Waals surface area contributed by atoms with Gasteiger partial charge in [-0.25, -0.2) is 8.42 Å². The minimum absolute atomic E-state index is 0.338. The van der Waals surface area contributed by atoms with E-state index in [1.54, 1.807) is 28.6 Å². The average molecular weight is 282 g/mol. The number of nitrogen functional groups attached to an aromatic ring is 1. The smallest absolute Gasteiger partial charge is 0.243 e. The summed E-state index contributed by atoms with van der Waals surface area (Å²) < 4.78 is 26.5. The van der Waals surface area contributed by atoms with Crippen molar-refractivity contribution in [3.05, 3.63) is 24.3 Å². The Kier molecular flexibility index (Phi) is 4.16. The number of hydrogen-bond acceptors (Lipinski definition) is 3. The molecule has 0 amide bonds. The van der Waals surface area contributed by atoms with Gasteiger partial charge in [0.25, 0.3) is 0 Å². The fourth-order valence-corrected chi connectivity index (χ4v) is 4.04. The lowest BCUT2D eigenvalue weighted by Gasteiger charge is -2.33. The molecule has 0 aromatic heterocycles. The summed E-state index contributed by atoms with van der Waals surface area (Å²) in [5.74, 6) is 1.26. The van der Waals surface area contributed by atoms with Crippen molar-refractivity contribution in [3.8, 4) is 0 Å². The molecule has 19 heavy (non-hydrogen) atoms. The first kappa shape index (κ1) is 14.3. The standard InChI is InChI=1S/C14H22N2O2S/c1-11(2)12-7-9-16(10-8-12)19(17,18)14-5-3-13(15)4-6-14/h3-6,11-12H,7-10,15H2,1-2H3. The predicted molar refractivity (Wildman–Crippen MR) is 77.2 cm³/mol. The van der Waals surface area contributed by atoms with Crippen molar-refractivity contribution >= 4 is 15.7 Å². The van der Waals surface area contributed by atoms with Gasteiger partial charge in [0.1, 0.15) is 0 Å². The Morgan fingerprint density at radius 1 is 1.16 bits per heavy atom. The second-order valence-electron chi connectivity index (χ2n) is 5.55. The van der Waals surface area contributed by atoms with E-state index in [2.05, 4.69) is 13.8 Å². The van der Waals surface area contributed by atoms with Gasteiger partial charge in [-0.05, 0) is 48.9 Å². The van der Waals surface area contributed by atoms with Gasteiger partial charge in [-0.15, -0.1) is 0 Å². The third kappa shape index (κ3) is 3.09. The van der Waals surface area contributed by atoms with E-state index < -0.39 is 10.0 Å². The molecule has 0 unspecified atom stereocenters. The molecule has 2 rings (SSSR count). The molecular formula is C14H22N2O2S. The molecule has 0 atom stereocenters. The lowest BCUT2D eigenvalue weighted by molar-refractivity contribution is 0.226. The van der Waals surface area contributed by atoms with Gasteiger partial charge in [0, 0.05) is 18.8 Å². The van der Waals surface area contributed by atoms with Crippen LogP contribution < -0.4 is 5.73 Å². The zero-order valence-electron chi connectivity index (χ0n) is 11.5. The van der Waals surface area contributed by atoms with E-state index >= 15 is 0 Å². The highest BCUT2D eigenvalue weighted by Gasteiger charge is 2.30. The highest BCUT2D eigenvalue weighted by atomic mass is 32.2. The van der Waals surface area contributed by atoms with Crippen LogP contribution in [0, 0.1) is 11.8 Å². The van der Waals surface area contributed by atoms with Gasteiger partial charge in [-0.2, -0.15) is 4.31 Å². The minimum atomic E-state index is -3.35. The van der Waals surface area contributed by atoms with Gasteiger partial charge < -0.3 is 5.73 Å². The maximum atomic E-state index is 12.5. The van der Waals surface area contributed by atoms with E-state index in [4.69, 9.17) is 5.73 Å². The fraction of sp³-hybridized carbons (Fsp3) is 0.571. The van der Waals surface area contributed by atoms with E-state index in [9.17, 15) is 8.42 Å². The summed E-state index contributed by atoms with van der Waals surface area (Å²) in [5.41, 5.74) is 6.17. The fourth-order valence-electron chi connectivity index (χ4n) is 2.57. The molecule has 2 N–H and O–H groups in total. The number of nitrogens with two attached hydrogens (primary N) is 1. The van der Waals surface area contributed by atoms with E-state index in [1.807, 2.05) is 0 Å². The Labute approximate surface area is 115 Å². The van der Waals surface area contributed by atoms with Gasteiger partial charge >= 0.3 is 0 Å². The monoisotopic (exact) mass is 282 g/mol. The quantitative estimate of drug-likeness (QED) is 0.865. The summed E-state index contributed by atoms with van der Waals surface area (Å²) in [7, 11) is -3.35. The van der Waals surface area contributed by atoms with Crippen molar-refractivity contribution < 1.29 is 8.42 Å². The molecule has 1 aromatic carbocycles. The van der Waals surface area contributed by atoms with Crippen LogP contribution in [0.3, 0.4) is 0 Å². The summed E-state index contributed by atoms with van der Waals surface area (Å²) in [5, 5.41) is 0. The molecule has 4 nitrogen and oxygen atoms in total. The zero-order chi connectivity index (χ0) is 14.0. The summed E-state index contributed by atoms with van der Waals surface area (Å²) in [4.78, 5) is 0.338. The van der Waals surface area contributed by atoms with Crippen molar-refractivity contribution in [1.82, 2.24) is 4.31 Å². The second-order valence-corrected chi connectivity index (χ2v) is 7.49. The van der Waals surface area contributed by atoms with Gasteiger partial charge in [0.15, 0.2) is 0 Å². The lowest BCUT2D eigenvalue weighted by Crippen LogP contribution is -2.39. The Morgan fingerprint density at radius 2 is 1.68 bits per heavy atom. The van der Waals surface area contributed by atoms with Gasteiger partial charge in [0.2, 0.25) is 10.0 Å². The van der Waals surface area contributed by atoms with Gasteiger partial charge in [-0.1, -0.05) is 13.8 Å². The topological polar surface area (TPSA) is 63.4 Å². The summed E-state index contributed by atoms with van der Waals surface area (Å²) >= 11 is 0. The highest BCUT2D eigenvalue weighted by molar-refractivity contribution is 7.89. The summed E-state index contributed by atoms with van der Waals surface area (Å²) in [6.07, 6.45) is 1.90. The van der Waals surface area contributed by atoms with E-state index in [0.717, 1.165) is 12.8 Å². The van der Waals surface area contributed by atoms with Crippen molar-refractivity contribution in [2.75, 3.05) is 18.8 Å². The molecule has 1 aliphatic heterocycles. The largest absolute Gasteiger partial charge is 0.399 e. The van der Waals surface area contributed by atoms with Crippen LogP contribution in [0.2, 0.25) is 0 Å². The molecule has 0 saturated carbocycles. The Morgan fingerprint density at radius 3 is 2.16 bits per heavy atom.